The highest BCUT2D eigenvalue weighted by Gasteiger charge is 2.03. The maximum Gasteiger partial charge on any atom is 0.131 e. The number of rotatable bonds is 1. The van der Waals surface area contributed by atoms with E-state index in [-0.39, 0.29) is 0 Å². The molecule has 0 radical (unpaired) electrons. The summed E-state index contributed by atoms with van der Waals surface area (Å²) in [4.78, 5) is 4.18. The smallest absolute Gasteiger partial charge is 0.131 e. The minimum Gasteiger partial charge on any atom is -0.305 e. The van der Waals surface area contributed by atoms with Gasteiger partial charge in [0.25, 0.3) is 0 Å². The van der Waals surface area contributed by atoms with Crippen LogP contribution in [-0.2, 0) is 0 Å². The highest BCUT2D eigenvalue weighted by atomic mass is 79.9. The quantitative estimate of drug-likeness (QED) is 0.746. The Morgan fingerprint density at radius 1 is 1.46 bits per heavy atom. The third kappa shape index (κ3) is 1.48. The molecule has 0 aliphatic carbocycles. The summed E-state index contributed by atoms with van der Waals surface area (Å²) in [6.07, 6.45) is 3.85. The van der Waals surface area contributed by atoms with Gasteiger partial charge in [0.15, 0.2) is 0 Å². The van der Waals surface area contributed by atoms with E-state index in [1.807, 2.05) is 16.9 Å². The van der Waals surface area contributed by atoms with Gasteiger partial charge in [0.2, 0.25) is 0 Å². The fourth-order valence-corrected chi connectivity index (χ4v) is 1.74. The van der Waals surface area contributed by atoms with Crippen LogP contribution in [0.25, 0.3) is 5.52 Å². The second-order valence-corrected chi connectivity index (χ2v) is 4.19. The summed E-state index contributed by atoms with van der Waals surface area (Å²) in [5.74, 6) is 0.562. The van der Waals surface area contributed by atoms with Gasteiger partial charge in [0.05, 0.1) is 5.52 Å². The van der Waals surface area contributed by atoms with Crippen molar-refractivity contribution in [3.05, 3.63) is 34.8 Å². The van der Waals surface area contributed by atoms with Gasteiger partial charge in [0, 0.05) is 6.20 Å². The van der Waals surface area contributed by atoms with E-state index in [1.165, 1.54) is 5.56 Å². The highest BCUT2D eigenvalue weighted by Crippen LogP contribution is 2.21. The topological polar surface area (TPSA) is 17.3 Å². The van der Waals surface area contributed by atoms with E-state index in [4.69, 9.17) is 0 Å². The van der Waals surface area contributed by atoms with Crippen LogP contribution >= 0.6 is 15.9 Å². The monoisotopic (exact) mass is 238 g/mol. The fraction of sp³-hybridized carbons (Fsp3) is 0.300. The first-order chi connectivity index (χ1) is 6.18. The molecule has 0 aromatic carbocycles. The molecule has 13 heavy (non-hydrogen) atoms. The average molecular weight is 239 g/mol. The minimum absolute atomic E-state index is 0.562. The zero-order valence-corrected chi connectivity index (χ0v) is 9.25. The number of hydrogen-bond acceptors (Lipinski definition) is 1. The van der Waals surface area contributed by atoms with E-state index in [2.05, 4.69) is 46.9 Å². The zero-order chi connectivity index (χ0) is 9.42. The molecule has 0 aliphatic rings. The lowest BCUT2D eigenvalue weighted by Gasteiger charge is -2.05. The lowest BCUT2D eigenvalue weighted by Crippen LogP contribution is -1.89. The van der Waals surface area contributed by atoms with Crippen LogP contribution in [0.5, 0.6) is 0 Å². The lowest BCUT2D eigenvalue weighted by atomic mass is 10.1. The van der Waals surface area contributed by atoms with Gasteiger partial charge in [-0.2, -0.15) is 0 Å². The van der Waals surface area contributed by atoms with Crippen molar-refractivity contribution >= 4 is 21.4 Å². The normalized spacial score (nSPS) is 11.4. The number of nitrogens with zero attached hydrogens (tertiary/aromatic N) is 2. The average Bonchev–Trinajstić information content (AvgIpc) is 2.47. The molecule has 0 atom stereocenters. The molecule has 3 heteroatoms. The number of hydrogen-bond donors (Lipinski definition) is 0. The maximum absolute atomic E-state index is 4.18. The van der Waals surface area contributed by atoms with Crippen molar-refractivity contribution in [1.82, 2.24) is 9.38 Å². The molecule has 0 unspecified atom stereocenters. The van der Waals surface area contributed by atoms with Gasteiger partial charge < -0.3 is 4.40 Å². The Labute approximate surface area is 85.7 Å². The van der Waals surface area contributed by atoms with Crippen LogP contribution in [0.3, 0.4) is 0 Å². The Kier molecular flexibility index (Phi) is 2.12. The summed E-state index contributed by atoms with van der Waals surface area (Å²) in [6.45, 7) is 4.38. The summed E-state index contributed by atoms with van der Waals surface area (Å²) >= 11 is 3.42. The molecule has 68 valence electrons. The van der Waals surface area contributed by atoms with Crippen molar-refractivity contribution < 1.29 is 0 Å². The lowest BCUT2D eigenvalue weighted by molar-refractivity contribution is 0.863. The molecule has 0 spiro atoms. The van der Waals surface area contributed by atoms with E-state index >= 15 is 0 Å². The number of imidazole rings is 1. The van der Waals surface area contributed by atoms with Gasteiger partial charge in [-0.1, -0.05) is 13.8 Å². The molecule has 2 aromatic rings. The number of aromatic nitrogens is 2. The highest BCUT2D eigenvalue weighted by molar-refractivity contribution is 9.10. The summed E-state index contributed by atoms with van der Waals surface area (Å²) in [7, 11) is 0. The molecule has 0 saturated carbocycles. The largest absolute Gasteiger partial charge is 0.305 e. The Bertz CT molecular complexity index is 431. The van der Waals surface area contributed by atoms with E-state index in [0.29, 0.717) is 5.92 Å². The number of fused-ring (bicyclic) bond motifs is 1. The molecular formula is C10H11BrN2. The van der Waals surface area contributed by atoms with Crippen LogP contribution in [0.2, 0.25) is 0 Å². The maximum atomic E-state index is 4.18. The van der Waals surface area contributed by atoms with Crippen molar-refractivity contribution in [3.63, 3.8) is 0 Å². The molecule has 2 aromatic heterocycles. The first-order valence-corrected chi connectivity index (χ1v) is 5.10. The zero-order valence-electron chi connectivity index (χ0n) is 7.66. The molecule has 2 rings (SSSR count). The first-order valence-electron chi connectivity index (χ1n) is 4.30. The van der Waals surface area contributed by atoms with Crippen LogP contribution in [0.1, 0.15) is 25.3 Å². The second kappa shape index (κ2) is 3.14. The Hall–Kier alpha value is -0.830. The van der Waals surface area contributed by atoms with Gasteiger partial charge in [0.1, 0.15) is 10.9 Å². The van der Waals surface area contributed by atoms with Crippen LogP contribution < -0.4 is 0 Å². The first kappa shape index (κ1) is 8.75. The van der Waals surface area contributed by atoms with Gasteiger partial charge in [-0.05, 0) is 39.5 Å². The van der Waals surface area contributed by atoms with Crippen molar-refractivity contribution in [2.75, 3.05) is 0 Å². The van der Waals surface area contributed by atoms with Crippen LogP contribution in [-0.4, -0.2) is 9.38 Å². The van der Waals surface area contributed by atoms with Crippen molar-refractivity contribution in [1.29, 1.82) is 0 Å². The van der Waals surface area contributed by atoms with Crippen molar-refractivity contribution in [3.8, 4) is 0 Å². The SMILES string of the molecule is CC(C)c1ccn2cnc(Br)c2c1. The van der Waals surface area contributed by atoms with E-state index in [1.54, 1.807) is 0 Å². The van der Waals surface area contributed by atoms with Crippen LogP contribution in [0.15, 0.2) is 29.3 Å². The summed E-state index contributed by atoms with van der Waals surface area (Å²) in [5.41, 5.74) is 2.47. The summed E-state index contributed by atoms with van der Waals surface area (Å²) in [5, 5.41) is 0. The minimum atomic E-state index is 0.562. The Balaban J connectivity index is 2.66. The summed E-state index contributed by atoms with van der Waals surface area (Å²) < 4.78 is 2.92. The molecular weight excluding hydrogens is 228 g/mol. The fourth-order valence-electron chi connectivity index (χ4n) is 1.33. The molecule has 0 amide bonds. The molecule has 0 N–H and O–H groups in total. The van der Waals surface area contributed by atoms with Gasteiger partial charge >= 0.3 is 0 Å². The standard InChI is InChI=1S/C10H11BrN2/c1-7(2)8-3-4-13-6-12-10(11)9(13)5-8/h3-7H,1-2H3. The Morgan fingerprint density at radius 3 is 2.92 bits per heavy atom. The number of halogens is 1. The third-order valence-electron chi connectivity index (χ3n) is 2.18. The molecule has 2 nitrogen and oxygen atoms in total. The van der Waals surface area contributed by atoms with E-state index in [0.717, 1.165) is 10.1 Å². The second-order valence-electron chi connectivity index (χ2n) is 3.44. The van der Waals surface area contributed by atoms with Gasteiger partial charge in [-0.25, -0.2) is 4.98 Å². The third-order valence-corrected chi connectivity index (χ3v) is 2.79. The summed E-state index contributed by atoms with van der Waals surface area (Å²) in [6, 6.07) is 4.30. The molecule has 0 saturated heterocycles. The predicted molar refractivity (Wildman–Crippen MR) is 57.0 cm³/mol. The van der Waals surface area contributed by atoms with E-state index in [9.17, 15) is 0 Å². The van der Waals surface area contributed by atoms with Crippen LogP contribution in [0, 0.1) is 0 Å². The predicted octanol–water partition coefficient (Wildman–Crippen LogP) is 3.22. The van der Waals surface area contributed by atoms with Crippen molar-refractivity contribution in [2.45, 2.75) is 19.8 Å². The molecule has 0 bridgehead atoms. The van der Waals surface area contributed by atoms with E-state index < -0.39 is 0 Å². The van der Waals surface area contributed by atoms with Crippen molar-refractivity contribution in [2.24, 2.45) is 0 Å². The molecule has 2 heterocycles. The Morgan fingerprint density at radius 2 is 2.23 bits per heavy atom. The van der Waals surface area contributed by atoms with Gasteiger partial charge in [-0.3, -0.25) is 0 Å². The molecule has 0 fully saturated rings. The molecule has 0 aliphatic heterocycles. The van der Waals surface area contributed by atoms with Gasteiger partial charge in [-0.15, -0.1) is 0 Å². The number of pyridine rings is 1. The van der Waals surface area contributed by atoms with Crippen LogP contribution in [0.4, 0.5) is 0 Å².